The number of rotatable bonds is 3. The first-order valence-corrected chi connectivity index (χ1v) is 7.94. The van der Waals surface area contributed by atoms with Crippen molar-refractivity contribution in [2.24, 2.45) is 0 Å². The summed E-state index contributed by atoms with van der Waals surface area (Å²) < 4.78 is 11.5. The average molecular weight is 316 g/mol. The fraction of sp³-hybridized carbons (Fsp3) is 0.100. The van der Waals surface area contributed by atoms with Crippen LogP contribution in [0, 0.1) is 13.8 Å². The van der Waals surface area contributed by atoms with E-state index in [1.54, 1.807) is 0 Å². The highest BCUT2D eigenvalue weighted by molar-refractivity contribution is 6.19. The number of para-hydroxylation sites is 1. The maximum Gasteiger partial charge on any atom is 0.504 e. The van der Waals surface area contributed by atoms with Crippen molar-refractivity contribution < 1.29 is 14.1 Å². The summed E-state index contributed by atoms with van der Waals surface area (Å²) in [6, 6.07) is 18.1. The van der Waals surface area contributed by atoms with Gasteiger partial charge in [-0.25, -0.2) is 0 Å². The van der Waals surface area contributed by atoms with E-state index in [-0.39, 0.29) is 7.69 Å². The van der Waals surface area contributed by atoms with Crippen LogP contribution < -0.4 is 4.65 Å². The van der Waals surface area contributed by atoms with Crippen LogP contribution in [0.15, 0.2) is 59.0 Å². The van der Waals surface area contributed by atoms with Gasteiger partial charge in [-0.15, -0.1) is 0 Å². The van der Waals surface area contributed by atoms with E-state index in [0.717, 1.165) is 27.5 Å². The molecule has 0 aliphatic carbocycles. The van der Waals surface area contributed by atoms with Gasteiger partial charge in [-0.2, -0.15) is 0 Å². The Morgan fingerprint density at radius 1 is 0.917 bits per heavy atom. The van der Waals surface area contributed by atoms with E-state index in [1.807, 2.05) is 30.3 Å². The molecule has 4 rings (SSSR count). The minimum Gasteiger partial charge on any atom is -0.538 e. The van der Waals surface area contributed by atoms with Crippen LogP contribution in [0.25, 0.3) is 33.1 Å². The Morgan fingerprint density at radius 2 is 1.67 bits per heavy atom. The predicted molar refractivity (Wildman–Crippen MR) is 98.6 cm³/mol. The van der Waals surface area contributed by atoms with E-state index < -0.39 is 0 Å². The molecule has 118 valence electrons. The summed E-state index contributed by atoms with van der Waals surface area (Å²) in [5.41, 5.74) is 6.16. The molecular weight excluding hydrogens is 299 g/mol. The molecular formula is C20H17BO3. The molecule has 0 saturated carbocycles. The van der Waals surface area contributed by atoms with Crippen LogP contribution >= 0.6 is 0 Å². The zero-order chi connectivity index (χ0) is 16.7. The molecule has 1 heterocycles. The van der Waals surface area contributed by atoms with Gasteiger partial charge in [0, 0.05) is 5.39 Å². The van der Waals surface area contributed by atoms with Crippen molar-refractivity contribution in [3.63, 3.8) is 0 Å². The predicted octanol–water partition coefficient (Wildman–Crippen LogP) is 4.51. The van der Waals surface area contributed by atoms with E-state index in [9.17, 15) is 5.02 Å². The molecule has 24 heavy (non-hydrogen) atoms. The summed E-state index contributed by atoms with van der Waals surface area (Å²) >= 11 is 0. The lowest BCUT2D eigenvalue weighted by Gasteiger charge is -2.12. The van der Waals surface area contributed by atoms with Gasteiger partial charge in [-0.05, 0) is 54.3 Å². The fourth-order valence-corrected chi connectivity index (χ4v) is 3.41. The third-order valence-corrected chi connectivity index (χ3v) is 4.43. The average Bonchev–Trinajstić information content (AvgIpc) is 2.93. The number of hydrogen-bond acceptors (Lipinski definition) is 3. The Morgan fingerprint density at radius 3 is 2.42 bits per heavy atom. The molecule has 3 aromatic carbocycles. The van der Waals surface area contributed by atoms with Gasteiger partial charge in [0.25, 0.3) is 0 Å². The van der Waals surface area contributed by atoms with E-state index >= 15 is 0 Å². The molecule has 0 radical (unpaired) electrons. The maximum absolute atomic E-state index is 9.31. The van der Waals surface area contributed by atoms with Crippen LogP contribution in [0.5, 0.6) is 5.75 Å². The summed E-state index contributed by atoms with van der Waals surface area (Å²) in [5.74, 6) is 0.637. The molecule has 1 N–H and O–H groups in total. The standard InChI is InChI=1S/C20H17BO3/c1-12-6-5-7-13(2)19(12)14-10-17-20(18(11-14)24-21-22)15-8-3-4-9-16(15)23-17/h3-11,21-22H,1-2H3. The normalized spacial score (nSPS) is 11.1. The Balaban J connectivity index is 2.07. The third kappa shape index (κ3) is 2.27. The summed E-state index contributed by atoms with van der Waals surface area (Å²) in [6.07, 6.45) is 0. The number of aryl methyl sites for hydroxylation is 2. The van der Waals surface area contributed by atoms with Gasteiger partial charge in [0.15, 0.2) is 0 Å². The quantitative estimate of drug-likeness (QED) is 0.566. The zero-order valence-electron chi connectivity index (χ0n) is 13.7. The molecule has 0 aliphatic rings. The molecule has 0 bridgehead atoms. The summed E-state index contributed by atoms with van der Waals surface area (Å²) in [7, 11) is -0.370. The lowest BCUT2D eigenvalue weighted by molar-refractivity contribution is 0.457. The SMILES string of the molecule is Cc1cccc(C)c1-c1cc(OBO)c2c(c1)oc1ccccc12. The molecule has 4 aromatic rings. The van der Waals surface area contributed by atoms with Crippen LogP contribution in [0.3, 0.4) is 0 Å². The molecule has 0 aliphatic heterocycles. The summed E-state index contributed by atoms with van der Waals surface area (Å²) in [6.45, 7) is 4.19. The zero-order valence-corrected chi connectivity index (χ0v) is 13.7. The second-order valence-electron chi connectivity index (χ2n) is 5.99. The molecule has 0 spiro atoms. The van der Waals surface area contributed by atoms with Gasteiger partial charge < -0.3 is 14.1 Å². The van der Waals surface area contributed by atoms with Crippen LogP contribution in [0.2, 0.25) is 0 Å². The van der Waals surface area contributed by atoms with Gasteiger partial charge in [0.05, 0.1) is 5.39 Å². The molecule has 0 atom stereocenters. The number of fused-ring (bicyclic) bond motifs is 3. The second-order valence-corrected chi connectivity index (χ2v) is 5.99. The summed E-state index contributed by atoms with van der Waals surface area (Å²) in [5, 5.41) is 11.2. The minimum atomic E-state index is -0.370. The fourth-order valence-electron chi connectivity index (χ4n) is 3.41. The molecule has 0 unspecified atom stereocenters. The van der Waals surface area contributed by atoms with Gasteiger partial charge in [0.1, 0.15) is 16.9 Å². The van der Waals surface area contributed by atoms with Crippen LogP contribution in [0.1, 0.15) is 11.1 Å². The molecule has 0 saturated heterocycles. The Hall–Kier alpha value is -2.72. The van der Waals surface area contributed by atoms with Crippen molar-refractivity contribution >= 4 is 29.6 Å². The first-order chi connectivity index (χ1) is 11.7. The monoisotopic (exact) mass is 316 g/mol. The topological polar surface area (TPSA) is 42.6 Å². The van der Waals surface area contributed by atoms with Crippen molar-refractivity contribution in [3.8, 4) is 16.9 Å². The van der Waals surface area contributed by atoms with Gasteiger partial charge in [0.2, 0.25) is 0 Å². The van der Waals surface area contributed by atoms with Crippen LogP contribution in [0.4, 0.5) is 0 Å². The lowest BCUT2D eigenvalue weighted by atomic mass is 9.94. The largest absolute Gasteiger partial charge is 0.538 e. The molecule has 0 fully saturated rings. The van der Waals surface area contributed by atoms with E-state index in [4.69, 9.17) is 9.07 Å². The van der Waals surface area contributed by atoms with Gasteiger partial charge >= 0.3 is 7.69 Å². The summed E-state index contributed by atoms with van der Waals surface area (Å²) in [4.78, 5) is 0. The molecule has 0 amide bonds. The third-order valence-electron chi connectivity index (χ3n) is 4.43. The van der Waals surface area contributed by atoms with Crippen molar-refractivity contribution in [3.05, 3.63) is 65.7 Å². The smallest absolute Gasteiger partial charge is 0.504 e. The van der Waals surface area contributed by atoms with Crippen molar-refractivity contribution in [1.82, 2.24) is 0 Å². The highest BCUT2D eigenvalue weighted by Gasteiger charge is 2.16. The van der Waals surface area contributed by atoms with Crippen LogP contribution in [-0.4, -0.2) is 12.7 Å². The first-order valence-electron chi connectivity index (χ1n) is 7.94. The van der Waals surface area contributed by atoms with Crippen molar-refractivity contribution in [2.45, 2.75) is 13.8 Å². The van der Waals surface area contributed by atoms with E-state index in [2.05, 4.69) is 38.1 Å². The molecule has 4 heteroatoms. The molecule has 3 nitrogen and oxygen atoms in total. The number of benzene rings is 3. The molecule has 1 aromatic heterocycles. The Kier molecular flexibility index (Phi) is 3.55. The second kappa shape index (κ2) is 5.73. The Labute approximate surface area is 140 Å². The first kappa shape index (κ1) is 14.9. The van der Waals surface area contributed by atoms with Gasteiger partial charge in [-0.3, -0.25) is 0 Å². The highest BCUT2D eigenvalue weighted by Crippen LogP contribution is 2.40. The van der Waals surface area contributed by atoms with E-state index in [1.165, 1.54) is 16.7 Å². The highest BCUT2D eigenvalue weighted by atomic mass is 16.5. The van der Waals surface area contributed by atoms with Crippen molar-refractivity contribution in [1.29, 1.82) is 0 Å². The van der Waals surface area contributed by atoms with E-state index in [0.29, 0.717) is 5.75 Å². The van der Waals surface area contributed by atoms with Crippen molar-refractivity contribution in [2.75, 3.05) is 0 Å². The number of hydrogen-bond donors (Lipinski definition) is 1. The van der Waals surface area contributed by atoms with Crippen LogP contribution in [-0.2, 0) is 0 Å². The number of furan rings is 1. The Bertz CT molecular complexity index is 1030. The van der Waals surface area contributed by atoms with Gasteiger partial charge in [-0.1, -0.05) is 36.4 Å². The lowest BCUT2D eigenvalue weighted by Crippen LogP contribution is -2.00. The maximum atomic E-state index is 9.31. The minimum absolute atomic E-state index is 0.370.